The number of carbonyl (C=O) groups is 2. The number of ether oxygens (including phenoxy) is 2. The Morgan fingerprint density at radius 2 is 0.833 bits per heavy atom. The summed E-state index contributed by atoms with van der Waals surface area (Å²) in [6, 6.07) is 64.7. The number of esters is 2. The summed E-state index contributed by atoms with van der Waals surface area (Å²) in [5.74, 6) is -0.321. The normalized spacial score (nSPS) is 16.0. The van der Waals surface area contributed by atoms with E-state index in [1.54, 1.807) is 0 Å². The van der Waals surface area contributed by atoms with Crippen LogP contribution in [-0.2, 0) is 35.8 Å². The van der Waals surface area contributed by atoms with Crippen LogP contribution in [0.3, 0.4) is 0 Å². The van der Waals surface area contributed by atoms with Gasteiger partial charge in [-0.2, -0.15) is 0 Å². The largest absolute Gasteiger partial charge is 0.468 e. The number of hydrogen-bond acceptors (Lipinski definition) is 4. The molecule has 0 aliphatic heterocycles. The Morgan fingerprint density at radius 1 is 0.500 bits per heavy atom. The van der Waals surface area contributed by atoms with Crippen LogP contribution in [0, 0.1) is 11.3 Å². The van der Waals surface area contributed by atoms with Gasteiger partial charge in [0.15, 0.2) is 5.41 Å². The van der Waals surface area contributed by atoms with Gasteiger partial charge >= 0.3 is 11.9 Å². The van der Waals surface area contributed by atoms with Crippen LogP contribution in [0.1, 0.15) is 44.9 Å². The molecule has 0 heterocycles. The molecule has 3 aliphatic carbocycles. The monoisotopic (exact) mass is 873 g/mol. The molecule has 0 amide bonds. The zero-order valence-corrected chi connectivity index (χ0v) is 37.1. The van der Waals surface area contributed by atoms with Crippen molar-refractivity contribution in [2.24, 2.45) is 11.3 Å². The average Bonchev–Trinajstić information content (AvgIpc) is 3.73. The maximum atomic E-state index is 12.3. The van der Waals surface area contributed by atoms with Crippen molar-refractivity contribution in [2.75, 3.05) is 14.2 Å². The van der Waals surface area contributed by atoms with Gasteiger partial charge in [-0.3, -0.25) is 9.59 Å². The second kappa shape index (κ2) is 22.1. The van der Waals surface area contributed by atoms with Gasteiger partial charge in [0.25, 0.3) is 0 Å². The van der Waals surface area contributed by atoms with Gasteiger partial charge in [-0.25, -0.2) is 0 Å². The van der Waals surface area contributed by atoms with Crippen LogP contribution < -0.4 is 31.8 Å². The standard InChI is InChI=1S/2C18H15P.C17H22O4.Co/c2*1-4-10-16(11-5-1)19(17-12-6-2-7-13-17)18-14-8-3-9-15-18;1-20-15(18)17(16(19)21-2)9-12-8-7-11-5-3-4-6-13(11)14(12)10-17;/h2*1-15H;8,11H,3-7,9-10H2,1-2H3;. The van der Waals surface area contributed by atoms with Gasteiger partial charge < -0.3 is 9.47 Å². The second-order valence-electron chi connectivity index (χ2n) is 15.0. The Hall–Kier alpha value is -4.89. The van der Waals surface area contributed by atoms with Crippen LogP contribution in [0.4, 0.5) is 0 Å². The van der Waals surface area contributed by atoms with Crippen LogP contribution in [0.5, 0.6) is 0 Å². The van der Waals surface area contributed by atoms with Crippen molar-refractivity contribution in [1.29, 1.82) is 0 Å². The molecule has 4 nitrogen and oxygen atoms in total. The molecular formula is C53H52CoO4P2. The van der Waals surface area contributed by atoms with E-state index in [9.17, 15) is 9.59 Å². The third kappa shape index (κ3) is 10.5. The predicted molar refractivity (Wildman–Crippen MR) is 248 cm³/mol. The minimum Gasteiger partial charge on any atom is -0.468 e. The summed E-state index contributed by atoms with van der Waals surface area (Å²) >= 11 is 0. The molecule has 0 aromatic heterocycles. The Balaban J connectivity index is 0.000000150. The minimum atomic E-state index is -1.16. The van der Waals surface area contributed by atoms with Crippen molar-refractivity contribution in [1.82, 2.24) is 0 Å². The third-order valence-electron chi connectivity index (χ3n) is 11.4. The number of allylic oxidation sites excluding steroid dienone is 4. The molecule has 60 heavy (non-hydrogen) atoms. The van der Waals surface area contributed by atoms with Gasteiger partial charge in [0.05, 0.1) is 14.2 Å². The first-order chi connectivity index (χ1) is 29.0. The third-order valence-corrected chi connectivity index (χ3v) is 16.3. The minimum absolute atomic E-state index is 0. The van der Waals surface area contributed by atoms with E-state index in [0.717, 1.165) is 12.8 Å². The molecule has 6 aromatic carbocycles. The molecule has 1 radical (unpaired) electrons. The van der Waals surface area contributed by atoms with E-state index in [1.807, 2.05) is 0 Å². The van der Waals surface area contributed by atoms with Gasteiger partial charge in [0, 0.05) is 16.8 Å². The molecule has 1 atom stereocenters. The van der Waals surface area contributed by atoms with E-state index in [2.05, 4.69) is 188 Å². The van der Waals surface area contributed by atoms with Crippen molar-refractivity contribution >= 4 is 59.6 Å². The zero-order chi connectivity index (χ0) is 40.9. The summed E-state index contributed by atoms with van der Waals surface area (Å²) in [7, 11) is 1.78. The Kier molecular flexibility index (Phi) is 16.4. The first-order valence-corrected chi connectivity index (χ1v) is 23.2. The molecule has 2 fully saturated rings. The molecule has 2 saturated carbocycles. The molecule has 0 spiro atoms. The molecule has 0 N–H and O–H groups in total. The first kappa shape index (κ1) is 44.7. The smallest absolute Gasteiger partial charge is 0.323 e. The van der Waals surface area contributed by atoms with E-state index in [0.29, 0.717) is 18.8 Å². The van der Waals surface area contributed by atoms with Gasteiger partial charge in [0.2, 0.25) is 0 Å². The first-order valence-electron chi connectivity index (χ1n) is 20.5. The number of benzene rings is 6. The topological polar surface area (TPSA) is 52.6 Å². The fraction of sp³-hybridized carbons (Fsp3) is 0.208. The van der Waals surface area contributed by atoms with Crippen LogP contribution >= 0.6 is 15.8 Å². The van der Waals surface area contributed by atoms with Crippen LogP contribution in [0.25, 0.3) is 0 Å². The molecule has 6 aromatic rings. The van der Waals surface area contributed by atoms with Crippen LogP contribution in [0.2, 0.25) is 0 Å². The summed E-state index contributed by atoms with van der Waals surface area (Å²) in [5, 5.41) is 8.39. The predicted octanol–water partition coefficient (Wildman–Crippen LogP) is 9.82. The van der Waals surface area contributed by atoms with Crippen LogP contribution in [0.15, 0.2) is 205 Å². The molecular weight excluding hydrogens is 821 g/mol. The van der Waals surface area contributed by atoms with Crippen molar-refractivity contribution in [3.8, 4) is 0 Å². The SMILES string of the molecule is COC(=O)C1(C(=O)OC)CC2=CCC3CCCCC3=C2C1.[Co].c1ccc(P(c2ccccc2)c2ccccc2)cc1.c1ccc(P(c2ccccc2)c2ccccc2)cc1. The maximum absolute atomic E-state index is 12.3. The van der Waals surface area contributed by atoms with Gasteiger partial charge in [-0.1, -0.05) is 200 Å². The fourth-order valence-electron chi connectivity index (χ4n) is 8.57. The Morgan fingerprint density at radius 3 is 1.15 bits per heavy atom. The molecule has 0 saturated heterocycles. The van der Waals surface area contributed by atoms with Gasteiger partial charge in [0.1, 0.15) is 0 Å². The Bertz CT molecular complexity index is 2000. The Labute approximate surface area is 368 Å². The van der Waals surface area contributed by atoms with Gasteiger partial charge in [-0.15, -0.1) is 0 Å². The van der Waals surface area contributed by atoms with Crippen molar-refractivity contribution < 1.29 is 35.8 Å². The van der Waals surface area contributed by atoms with E-state index >= 15 is 0 Å². The van der Waals surface area contributed by atoms with E-state index in [1.165, 1.54) is 82.0 Å². The summed E-state index contributed by atoms with van der Waals surface area (Å²) in [4.78, 5) is 24.5. The summed E-state index contributed by atoms with van der Waals surface area (Å²) < 4.78 is 9.83. The number of methoxy groups -OCH3 is 2. The second-order valence-corrected chi connectivity index (χ2v) is 19.5. The summed E-state index contributed by atoms with van der Waals surface area (Å²) in [6.45, 7) is 0. The van der Waals surface area contributed by atoms with Gasteiger partial charge in [-0.05, 0) is 103 Å². The van der Waals surface area contributed by atoms with E-state index in [-0.39, 0.29) is 16.8 Å². The molecule has 307 valence electrons. The van der Waals surface area contributed by atoms with Crippen molar-refractivity contribution in [3.05, 3.63) is 205 Å². The molecule has 7 heteroatoms. The molecule has 3 aliphatic rings. The van der Waals surface area contributed by atoms with Crippen molar-refractivity contribution in [2.45, 2.75) is 44.9 Å². The number of hydrogen-bond donors (Lipinski definition) is 0. The summed E-state index contributed by atoms with van der Waals surface area (Å²) in [6.07, 6.45) is 8.98. The van der Waals surface area contributed by atoms with E-state index < -0.39 is 33.2 Å². The number of carbonyl (C=O) groups excluding carboxylic acids is 2. The quantitative estimate of drug-likeness (QED) is 0.0869. The maximum Gasteiger partial charge on any atom is 0.323 e. The number of fused-ring (bicyclic) bond motifs is 2. The number of rotatable bonds is 8. The molecule has 0 bridgehead atoms. The average molecular weight is 874 g/mol. The summed E-state index contributed by atoms with van der Waals surface area (Å²) in [5.41, 5.74) is 2.72. The van der Waals surface area contributed by atoms with E-state index in [4.69, 9.17) is 9.47 Å². The zero-order valence-electron chi connectivity index (χ0n) is 34.3. The van der Waals surface area contributed by atoms with Crippen LogP contribution in [-0.4, -0.2) is 26.2 Å². The fourth-order valence-corrected chi connectivity index (χ4v) is 13.2. The molecule has 1 unspecified atom stereocenters. The molecule has 9 rings (SSSR count). The van der Waals surface area contributed by atoms with Crippen molar-refractivity contribution in [3.63, 3.8) is 0 Å².